The number of aromatic nitrogens is 1. The molecule has 4 N–H and O–H groups in total. The monoisotopic (exact) mass is 251 g/mol. The highest BCUT2D eigenvalue weighted by Gasteiger charge is 2.13. The summed E-state index contributed by atoms with van der Waals surface area (Å²) in [5, 5.41) is 11.3. The summed E-state index contributed by atoms with van der Waals surface area (Å²) < 4.78 is 0. The average Bonchev–Trinajstić information content (AvgIpc) is 2.36. The number of pyridine rings is 1. The van der Waals surface area contributed by atoms with Gasteiger partial charge >= 0.3 is 5.97 Å². The van der Waals surface area contributed by atoms with Gasteiger partial charge in [-0.1, -0.05) is 19.8 Å². The zero-order valence-corrected chi connectivity index (χ0v) is 10.2. The summed E-state index contributed by atoms with van der Waals surface area (Å²) in [5.74, 6) is -1.42. The van der Waals surface area contributed by atoms with Crippen LogP contribution >= 0.6 is 0 Å². The average molecular weight is 251 g/mol. The van der Waals surface area contributed by atoms with Crippen molar-refractivity contribution in [1.29, 1.82) is 0 Å². The molecule has 0 unspecified atom stereocenters. The maximum Gasteiger partial charge on any atom is 0.337 e. The molecule has 1 amide bonds. The summed E-state index contributed by atoms with van der Waals surface area (Å²) in [6.45, 7) is 2.02. The molecule has 6 heteroatoms. The number of hydrogen-bond acceptors (Lipinski definition) is 4. The standard InChI is InChI=1S/C12H17N3O3/c1-2-3-4-10(13)11(16)15-9-5-8(12(17)18)6-14-7-9/h5-7,10H,2-4,13H2,1H3,(H,15,16)(H,17,18)/t10-/m0/s1. The van der Waals surface area contributed by atoms with Crippen LogP contribution in [0.25, 0.3) is 0 Å². The Labute approximate surface area is 105 Å². The number of carboxylic acid groups (broad SMARTS) is 1. The van der Waals surface area contributed by atoms with Crippen molar-refractivity contribution in [2.75, 3.05) is 5.32 Å². The first kappa shape index (κ1) is 14.1. The maximum absolute atomic E-state index is 11.7. The predicted octanol–water partition coefficient (Wildman–Crippen LogP) is 1.24. The number of carbonyl (C=O) groups is 2. The number of rotatable bonds is 6. The van der Waals surface area contributed by atoms with Crippen molar-refractivity contribution >= 4 is 17.6 Å². The maximum atomic E-state index is 11.7. The second-order valence-corrected chi connectivity index (χ2v) is 4.01. The fourth-order valence-corrected chi connectivity index (χ4v) is 1.42. The van der Waals surface area contributed by atoms with E-state index in [1.165, 1.54) is 18.5 Å². The van der Waals surface area contributed by atoms with Gasteiger partial charge in [0.25, 0.3) is 0 Å². The second-order valence-electron chi connectivity index (χ2n) is 4.01. The summed E-state index contributed by atoms with van der Waals surface area (Å²) in [5.41, 5.74) is 6.06. The molecule has 6 nitrogen and oxygen atoms in total. The van der Waals surface area contributed by atoms with Crippen LogP contribution in [0.2, 0.25) is 0 Å². The molecular weight excluding hydrogens is 234 g/mol. The van der Waals surface area contributed by atoms with Crippen LogP contribution in [-0.2, 0) is 4.79 Å². The molecule has 98 valence electrons. The van der Waals surface area contributed by atoms with Gasteiger partial charge in [-0.15, -0.1) is 0 Å². The first-order valence-electron chi connectivity index (χ1n) is 5.79. The number of aromatic carboxylic acids is 1. The second kappa shape index (κ2) is 6.70. The van der Waals surface area contributed by atoms with E-state index in [2.05, 4.69) is 10.3 Å². The van der Waals surface area contributed by atoms with Crippen LogP contribution in [0, 0.1) is 0 Å². The lowest BCUT2D eigenvalue weighted by Gasteiger charge is -2.11. The van der Waals surface area contributed by atoms with Crippen molar-refractivity contribution in [1.82, 2.24) is 4.98 Å². The molecule has 18 heavy (non-hydrogen) atoms. The molecule has 0 saturated heterocycles. The van der Waals surface area contributed by atoms with Crippen LogP contribution in [0.3, 0.4) is 0 Å². The Bertz CT molecular complexity index is 434. The summed E-state index contributed by atoms with van der Waals surface area (Å²) in [6, 6.07) is 0.762. The van der Waals surface area contributed by atoms with Crippen molar-refractivity contribution in [2.24, 2.45) is 5.73 Å². The van der Waals surface area contributed by atoms with Crippen molar-refractivity contribution in [3.05, 3.63) is 24.0 Å². The molecule has 0 aliphatic heterocycles. The molecule has 0 aliphatic rings. The lowest BCUT2D eigenvalue weighted by Crippen LogP contribution is -2.35. The first-order valence-corrected chi connectivity index (χ1v) is 5.79. The normalized spacial score (nSPS) is 11.9. The summed E-state index contributed by atoms with van der Waals surface area (Å²) >= 11 is 0. The van der Waals surface area contributed by atoms with E-state index in [4.69, 9.17) is 10.8 Å². The number of unbranched alkanes of at least 4 members (excludes halogenated alkanes) is 1. The smallest absolute Gasteiger partial charge is 0.337 e. The number of nitrogens with two attached hydrogens (primary N) is 1. The van der Waals surface area contributed by atoms with Crippen LogP contribution in [-0.4, -0.2) is 28.0 Å². The number of amides is 1. The number of nitrogens with one attached hydrogen (secondary N) is 1. The van der Waals surface area contributed by atoms with Gasteiger partial charge in [-0.05, 0) is 12.5 Å². The minimum Gasteiger partial charge on any atom is -0.478 e. The molecule has 0 radical (unpaired) electrons. The third-order valence-electron chi connectivity index (χ3n) is 2.46. The van der Waals surface area contributed by atoms with E-state index in [0.717, 1.165) is 12.8 Å². The molecule has 1 heterocycles. The molecule has 0 aliphatic carbocycles. The fraction of sp³-hybridized carbons (Fsp3) is 0.417. The molecule has 0 bridgehead atoms. The minimum atomic E-state index is -1.09. The Hall–Kier alpha value is -1.95. The highest BCUT2D eigenvalue weighted by Crippen LogP contribution is 2.09. The van der Waals surface area contributed by atoms with Gasteiger partial charge in [0.05, 0.1) is 23.5 Å². The SMILES string of the molecule is CCCC[C@H](N)C(=O)Nc1cncc(C(=O)O)c1. The predicted molar refractivity (Wildman–Crippen MR) is 67.3 cm³/mol. The van der Waals surface area contributed by atoms with Crippen molar-refractivity contribution in [3.8, 4) is 0 Å². The Morgan fingerprint density at radius 2 is 2.22 bits per heavy atom. The quantitative estimate of drug-likeness (QED) is 0.705. The fourth-order valence-electron chi connectivity index (χ4n) is 1.42. The zero-order chi connectivity index (χ0) is 13.5. The number of anilines is 1. The first-order chi connectivity index (χ1) is 8.54. The Balaban J connectivity index is 2.64. The van der Waals surface area contributed by atoms with E-state index < -0.39 is 12.0 Å². The van der Waals surface area contributed by atoms with Crippen LogP contribution in [0.1, 0.15) is 36.5 Å². The van der Waals surface area contributed by atoms with E-state index in [1.807, 2.05) is 6.92 Å². The molecule has 1 aromatic heterocycles. The van der Waals surface area contributed by atoms with Crippen LogP contribution in [0.5, 0.6) is 0 Å². The summed E-state index contributed by atoms with van der Waals surface area (Å²) in [6.07, 6.45) is 5.05. The molecule has 0 fully saturated rings. The van der Waals surface area contributed by atoms with E-state index in [1.54, 1.807) is 0 Å². The molecule has 0 saturated carbocycles. The molecule has 0 spiro atoms. The largest absolute Gasteiger partial charge is 0.478 e. The van der Waals surface area contributed by atoms with Crippen molar-refractivity contribution in [3.63, 3.8) is 0 Å². The van der Waals surface area contributed by atoms with Gasteiger partial charge in [0.1, 0.15) is 0 Å². The van der Waals surface area contributed by atoms with Gasteiger partial charge in [-0.25, -0.2) is 4.79 Å². The van der Waals surface area contributed by atoms with E-state index in [-0.39, 0.29) is 11.5 Å². The van der Waals surface area contributed by atoms with E-state index in [9.17, 15) is 9.59 Å². The van der Waals surface area contributed by atoms with E-state index >= 15 is 0 Å². The van der Waals surface area contributed by atoms with Gasteiger partial charge in [-0.3, -0.25) is 9.78 Å². The molecular formula is C12H17N3O3. The topological polar surface area (TPSA) is 105 Å². The van der Waals surface area contributed by atoms with Crippen molar-refractivity contribution in [2.45, 2.75) is 32.2 Å². The Morgan fingerprint density at radius 1 is 1.50 bits per heavy atom. The molecule has 0 aromatic carbocycles. The molecule has 1 aromatic rings. The lowest BCUT2D eigenvalue weighted by molar-refractivity contribution is -0.117. The van der Waals surface area contributed by atoms with Gasteiger partial charge in [0, 0.05) is 6.20 Å². The minimum absolute atomic E-state index is 0.0231. The summed E-state index contributed by atoms with van der Waals surface area (Å²) in [7, 11) is 0. The highest BCUT2D eigenvalue weighted by atomic mass is 16.4. The molecule has 1 rings (SSSR count). The van der Waals surface area contributed by atoms with Gasteiger partial charge < -0.3 is 16.2 Å². The van der Waals surface area contributed by atoms with Gasteiger partial charge in [0.2, 0.25) is 5.91 Å². The van der Waals surface area contributed by atoms with Gasteiger partial charge in [0.15, 0.2) is 0 Å². The van der Waals surface area contributed by atoms with Crippen LogP contribution in [0.15, 0.2) is 18.5 Å². The lowest BCUT2D eigenvalue weighted by atomic mass is 10.1. The van der Waals surface area contributed by atoms with Gasteiger partial charge in [-0.2, -0.15) is 0 Å². The number of carbonyl (C=O) groups excluding carboxylic acids is 1. The van der Waals surface area contributed by atoms with E-state index in [0.29, 0.717) is 12.1 Å². The number of carboxylic acids is 1. The Morgan fingerprint density at radius 3 is 2.83 bits per heavy atom. The molecule has 1 atom stereocenters. The third-order valence-corrected chi connectivity index (χ3v) is 2.46. The number of nitrogens with zero attached hydrogens (tertiary/aromatic N) is 1. The summed E-state index contributed by atoms with van der Waals surface area (Å²) in [4.78, 5) is 26.2. The highest BCUT2D eigenvalue weighted by molar-refractivity contribution is 5.96. The Kier molecular flexibility index (Phi) is 5.26. The zero-order valence-electron chi connectivity index (χ0n) is 10.2. The van der Waals surface area contributed by atoms with Crippen LogP contribution in [0.4, 0.5) is 5.69 Å². The third kappa shape index (κ3) is 4.14. The number of hydrogen-bond donors (Lipinski definition) is 3. The van der Waals surface area contributed by atoms with Crippen molar-refractivity contribution < 1.29 is 14.7 Å². The van der Waals surface area contributed by atoms with Crippen LogP contribution < -0.4 is 11.1 Å².